The van der Waals surface area contributed by atoms with Crippen LogP contribution in [0.4, 0.5) is 10.5 Å². The van der Waals surface area contributed by atoms with Crippen LogP contribution in [0.25, 0.3) is 10.8 Å². The van der Waals surface area contributed by atoms with Crippen LogP contribution < -0.4 is 10.1 Å². The highest BCUT2D eigenvalue weighted by Crippen LogP contribution is 2.28. The van der Waals surface area contributed by atoms with Gasteiger partial charge in [0.05, 0.1) is 10.7 Å². The van der Waals surface area contributed by atoms with Gasteiger partial charge in [-0.15, -0.1) is 0 Å². The maximum absolute atomic E-state index is 10.5. The molecule has 0 aliphatic heterocycles. The summed E-state index contributed by atoms with van der Waals surface area (Å²) in [5.74, 6) is 0.783. The van der Waals surface area contributed by atoms with Gasteiger partial charge in [-0.05, 0) is 57.6 Å². The smallest absolute Gasteiger partial charge is 0.409 e. The van der Waals surface area contributed by atoms with Crippen molar-refractivity contribution in [3.63, 3.8) is 0 Å². The molecule has 0 radical (unpaired) electrons. The summed E-state index contributed by atoms with van der Waals surface area (Å²) < 4.78 is 6.25. The summed E-state index contributed by atoms with van der Waals surface area (Å²) >= 11 is 2.20. The third kappa shape index (κ3) is 2.60. The first-order valence-electron chi connectivity index (χ1n) is 4.87. The molecule has 0 fully saturated rings. The van der Waals surface area contributed by atoms with Gasteiger partial charge in [-0.1, -0.05) is 6.07 Å². The van der Waals surface area contributed by atoms with Crippen molar-refractivity contribution in [2.45, 2.75) is 0 Å². The fourth-order valence-electron chi connectivity index (χ4n) is 1.61. The van der Waals surface area contributed by atoms with E-state index in [1.807, 2.05) is 18.2 Å². The molecule has 0 aliphatic carbocycles. The first-order valence-corrected chi connectivity index (χ1v) is 5.95. The lowest BCUT2D eigenvalue weighted by molar-refractivity contribution is 0.210. The van der Waals surface area contributed by atoms with Gasteiger partial charge in [0.2, 0.25) is 0 Å². The van der Waals surface area contributed by atoms with Gasteiger partial charge in [0.15, 0.2) is 0 Å². The van der Waals surface area contributed by atoms with Crippen molar-refractivity contribution in [3.05, 3.63) is 33.9 Å². The van der Waals surface area contributed by atoms with E-state index in [4.69, 9.17) is 9.84 Å². The highest BCUT2D eigenvalue weighted by molar-refractivity contribution is 14.1. The van der Waals surface area contributed by atoms with E-state index in [0.29, 0.717) is 5.69 Å². The fourth-order valence-corrected chi connectivity index (χ4v) is 2.32. The van der Waals surface area contributed by atoms with Crippen molar-refractivity contribution in [1.29, 1.82) is 0 Å². The molecule has 0 aliphatic rings. The van der Waals surface area contributed by atoms with Crippen LogP contribution in [0.2, 0.25) is 0 Å². The molecule has 1 amide bonds. The Morgan fingerprint density at radius 2 is 2.06 bits per heavy atom. The van der Waals surface area contributed by atoms with Gasteiger partial charge in [-0.2, -0.15) is 0 Å². The molecule has 0 saturated carbocycles. The highest BCUT2D eigenvalue weighted by atomic mass is 127. The Kier molecular flexibility index (Phi) is 3.37. The Morgan fingerprint density at radius 1 is 1.29 bits per heavy atom. The molecule has 0 heterocycles. The van der Waals surface area contributed by atoms with E-state index >= 15 is 0 Å². The van der Waals surface area contributed by atoms with Crippen molar-refractivity contribution in [2.24, 2.45) is 0 Å². The number of hydrogen-bond acceptors (Lipinski definition) is 2. The molecule has 2 aromatic rings. The molecule has 88 valence electrons. The van der Waals surface area contributed by atoms with Crippen LogP contribution >= 0.6 is 22.6 Å². The Labute approximate surface area is 112 Å². The van der Waals surface area contributed by atoms with E-state index in [2.05, 4.69) is 27.9 Å². The number of rotatable bonds is 2. The number of nitrogens with one attached hydrogen (secondary N) is 1. The number of anilines is 1. The number of carboxylic acid groups (broad SMARTS) is 1. The largest absolute Gasteiger partial charge is 0.496 e. The van der Waals surface area contributed by atoms with Crippen molar-refractivity contribution in [2.75, 3.05) is 12.4 Å². The zero-order valence-corrected chi connectivity index (χ0v) is 11.2. The molecule has 17 heavy (non-hydrogen) atoms. The Balaban J connectivity index is 2.52. The molecule has 0 aromatic heterocycles. The number of hydrogen-bond donors (Lipinski definition) is 2. The molecule has 0 bridgehead atoms. The third-order valence-electron chi connectivity index (χ3n) is 2.36. The molecule has 2 aromatic carbocycles. The van der Waals surface area contributed by atoms with Crippen LogP contribution in [0.1, 0.15) is 0 Å². The molecule has 2 N–H and O–H groups in total. The van der Waals surface area contributed by atoms with Gasteiger partial charge in [0.25, 0.3) is 0 Å². The molecule has 2 rings (SSSR count). The summed E-state index contributed by atoms with van der Waals surface area (Å²) in [4.78, 5) is 10.5. The monoisotopic (exact) mass is 343 g/mol. The minimum absolute atomic E-state index is 0.549. The molecule has 0 spiro atoms. The zero-order chi connectivity index (χ0) is 12.4. The minimum atomic E-state index is -1.07. The summed E-state index contributed by atoms with van der Waals surface area (Å²) in [6.07, 6.45) is -1.07. The van der Waals surface area contributed by atoms with Crippen LogP contribution in [-0.2, 0) is 0 Å². The number of methoxy groups -OCH3 is 1. The SMILES string of the molecule is COc1cc2cc(NC(=O)O)ccc2cc1I. The summed E-state index contributed by atoms with van der Waals surface area (Å²) in [5.41, 5.74) is 0.549. The van der Waals surface area contributed by atoms with Crippen LogP contribution in [0.5, 0.6) is 5.75 Å². The Bertz CT molecular complexity index is 583. The molecule has 0 atom stereocenters. The standard InChI is InChI=1S/C12H10INO3/c1-17-11-6-8-4-9(14-12(15)16)3-2-7(8)5-10(11)13/h2-6,14H,1H3,(H,15,16). The van der Waals surface area contributed by atoms with E-state index in [1.54, 1.807) is 19.2 Å². The van der Waals surface area contributed by atoms with Crippen LogP contribution in [0.3, 0.4) is 0 Å². The number of ether oxygens (including phenoxy) is 1. The van der Waals surface area contributed by atoms with Crippen molar-refractivity contribution in [3.8, 4) is 5.75 Å². The normalized spacial score (nSPS) is 10.2. The van der Waals surface area contributed by atoms with Gasteiger partial charge < -0.3 is 9.84 Å². The van der Waals surface area contributed by atoms with Crippen molar-refractivity contribution in [1.82, 2.24) is 0 Å². The number of fused-ring (bicyclic) bond motifs is 1. The lowest BCUT2D eigenvalue weighted by Crippen LogP contribution is -2.06. The van der Waals surface area contributed by atoms with Gasteiger partial charge in [-0.25, -0.2) is 4.79 Å². The maximum atomic E-state index is 10.5. The zero-order valence-electron chi connectivity index (χ0n) is 9.03. The second-order valence-corrected chi connectivity index (χ2v) is 4.64. The van der Waals surface area contributed by atoms with E-state index in [9.17, 15) is 4.79 Å². The van der Waals surface area contributed by atoms with Gasteiger partial charge in [0.1, 0.15) is 5.75 Å². The van der Waals surface area contributed by atoms with Crippen LogP contribution in [0, 0.1) is 3.57 Å². The van der Waals surface area contributed by atoms with Gasteiger partial charge in [-0.3, -0.25) is 5.32 Å². The van der Waals surface area contributed by atoms with E-state index in [0.717, 1.165) is 20.1 Å². The van der Waals surface area contributed by atoms with Crippen LogP contribution in [-0.4, -0.2) is 18.3 Å². The lowest BCUT2D eigenvalue weighted by atomic mass is 10.1. The average Bonchev–Trinajstić information content (AvgIpc) is 2.28. The Morgan fingerprint density at radius 3 is 2.71 bits per heavy atom. The maximum Gasteiger partial charge on any atom is 0.409 e. The predicted molar refractivity (Wildman–Crippen MR) is 74.9 cm³/mol. The summed E-state index contributed by atoms with van der Waals surface area (Å²) in [6.45, 7) is 0. The molecular formula is C12H10INO3. The first kappa shape index (κ1) is 12.0. The molecule has 0 saturated heterocycles. The Hall–Kier alpha value is -1.50. The molecule has 5 heteroatoms. The third-order valence-corrected chi connectivity index (χ3v) is 3.21. The van der Waals surface area contributed by atoms with E-state index in [-0.39, 0.29) is 0 Å². The first-order chi connectivity index (χ1) is 8.10. The number of benzene rings is 2. The van der Waals surface area contributed by atoms with Crippen LogP contribution in [0.15, 0.2) is 30.3 Å². The van der Waals surface area contributed by atoms with Crippen molar-refractivity contribution < 1.29 is 14.6 Å². The second kappa shape index (κ2) is 4.79. The van der Waals surface area contributed by atoms with E-state index < -0.39 is 6.09 Å². The number of amides is 1. The topological polar surface area (TPSA) is 58.6 Å². The summed E-state index contributed by atoms with van der Waals surface area (Å²) in [6, 6.07) is 9.28. The van der Waals surface area contributed by atoms with E-state index in [1.165, 1.54) is 0 Å². The predicted octanol–water partition coefficient (Wildman–Crippen LogP) is 3.54. The fraction of sp³-hybridized carbons (Fsp3) is 0.0833. The van der Waals surface area contributed by atoms with Gasteiger partial charge in [0, 0.05) is 5.69 Å². The molecular weight excluding hydrogens is 333 g/mol. The number of halogens is 1. The molecule has 4 nitrogen and oxygen atoms in total. The molecule has 0 unspecified atom stereocenters. The minimum Gasteiger partial charge on any atom is -0.496 e. The van der Waals surface area contributed by atoms with Crippen molar-refractivity contribution >= 4 is 45.1 Å². The quantitative estimate of drug-likeness (QED) is 0.820. The average molecular weight is 343 g/mol. The summed E-state index contributed by atoms with van der Waals surface area (Å²) in [5, 5.41) is 13.0. The highest BCUT2D eigenvalue weighted by Gasteiger charge is 2.04. The van der Waals surface area contributed by atoms with Gasteiger partial charge >= 0.3 is 6.09 Å². The second-order valence-electron chi connectivity index (χ2n) is 3.48. The number of carbonyl (C=O) groups is 1. The summed E-state index contributed by atoms with van der Waals surface area (Å²) in [7, 11) is 1.61. The lowest BCUT2D eigenvalue weighted by Gasteiger charge is -2.07.